The van der Waals surface area contributed by atoms with Crippen LogP contribution >= 0.6 is 11.3 Å². The van der Waals surface area contributed by atoms with Gasteiger partial charge in [0.25, 0.3) is 0 Å². The number of benzene rings is 7. The van der Waals surface area contributed by atoms with Crippen LogP contribution in [0.3, 0.4) is 0 Å². The molecule has 258 valence electrons. The average Bonchev–Trinajstić information content (AvgIpc) is 3.86. The Morgan fingerprint density at radius 3 is 2.29 bits per heavy atom. The Morgan fingerprint density at radius 2 is 1.40 bits per heavy atom. The van der Waals surface area contributed by atoms with E-state index in [9.17, 15) is 0 Å². The SMILES string of the molecule is c1c(N(c2ccc3c(c2)sc2ccccc23)c2ccccc2C2=CC(c3ccccc3)=CCC2)cc2c(c#1)ccc1ccc3nc(-c4ccccc4)oc3c12. The molecule has 0 radical (unpaired) electrons. The molecular weight excluding hydrogens is 689 g/mol. The van der Waals surface area contributed by atoms with E-state index in [0.29, 0.717) is 5.89 Å². The molecule has 4 heteroatoms. The molecule has 10 aromatic rings. The molecule has 1 aliphatic rings. The zero-order valence-electron chi connectivity index (χ0n) is 29.8. The number of nitrogens with zero attached hydrogens (tertiary/aromatic N) is 2. The van der Waals surface area contributed by atoms with E-state index < -0.39 is 0 Å². The van der Waals surface area contributed by atoms with Gasteiger partial charge < -0.3 is 9.32 Å². The van der Waals surface area contributed by atoms with E-state index in [1.54, 1.807) is 0 Å². The first-order valence-corrected chi connectivity index (χ1v) is 19.5. The highest BCUT2D eigenvalue weighted by molar-refractivity contribution is 7.25. The molecule has 0 saturated heterocycles. The van der Waals surface area contributed by atoms with Crippen molar-refractivity contribution >= 4 is 92.4 Å². The van der Waals surface area contributed by atoms with Gasteiger partial charge in [-0.25, -0.2) is 4.98 Å². The van der Waals surface area contributed by atoms with E-state index in [-0.39, 0.29) is 0 Å². The van der Waals surface area contributed by atoms with Crippen molar-refractivity contribution in [2.45, 2.75) is 12.8 Å². The highest BCUT2D eigenvalue weighted by atomic mass is 32.1. The minimum Gasteiger partial charge on any atom is -0.435 e. The molecule has 0 fully saturated rings. The summed E-state index contributed by atoms with van der Waals surface area (Å²) >= 11 is 1.84. The summed E-state index contributed by atoms with van der Waals surface area (Å²) in [6, 6.07) is 63.1. The van der Waals surface area contributed by atoms with Crippen LogP contribution in [-0.2, 0) is 0 Å². The quantitative estimate of drug-likeness (QED) is 0.171. The molecule has 0 aliphatic heterocycles. The van der Waals surface area contributed by atoms with Gasteiger partial charge in [0.15, 0.2) is 5.58 Å². The average molecular weight is 721 g/mol. The summed E-state index contributed by atoms with van der Waals surface area (Å²) in [7, 11) is 0. The summed E-state index contributed by atoms with van der Waals surface area (Å²) in [5.74, 6) is 0.615. The summed E-state index contributed by atoms with van der Waals surface area (Å²) in [5, 5.41) is 6.69. The Kier molecular flexibility index (Phi) is 7.40. The predicted molar refractivity (Wildman–Crippen MR) is 231 cm³/mol. The van der Waals surface area contributed by atoms with Crippen molar-refractivity contribution in [3.63, 3.8) is 0 Å². The standard InChI is InChI=1S/C51H32N2OS/c1-3-12-33(13-4-1)37-16-11-17-38(30-37)41-18-7-9-20-46(41)53(40-27-28-43-42-19-8-10-21-47(42)55-48(43)32-40)39-26-24-34-22-23-35-25-29-45-50(49(35)44(34)31-39)54-51(52-45)36-14-5-2-6-15-36/h1-10,12-16,18-23,25,27-32H,11,17H2. The summed E-state index contributed by atoms with van der Waals surface area (Å²) in [6.07, 6.45) is 6.68. The lowest BCUT2D eigenvalue weighted by Crippen LogP contribution is -2.12. The van der Waals surface area contributed by atoms with Crippen LogP contribution in [0.15, 0.2) is 174 Å². The molecular formula is C51H32N2OS. The van der Waals surface area contributed by atoms with E-state index in [2.05, 4.69) is 157 Å². The van der Waals surface area contributed by atoms with E-state index in [1.807, 2.05) is 41.7 Å². The van der Waals surface area contributed by atoms with Gasteiger partial charge in [0, 0.05) is 53.1 Å². The number of aromatic nitrogens is 1. The maximum atomic E-state index is 6.61. The number of thiophene rings is 1. The lowest BCUT2D eigenvalue weighted by molar-refractivity contribution is 0.623. The Morgan fingerprint density at radius 1 is 0.636 bits per heavy atom. The van der Waals surface area contributed by atoms with E-state index in [0.717, 1.165) is 68.1 Å². The van der Waals surface area contributed by atoms with E-state index >= 15 is 0 Å². The van der Waals surface area contributed by atoms with E-state index in [1.165, 1.54) is 42.4 Å². The molecule has 11 rings (SSSR count). The van der Waals surface area contributed by atoms with Crippen LogP contribution in [-0.4, -0.2) is 4.98 Å². The normalized spacial score (nSPS) is 13.0. The van der Waals surface area contributed by atoms with Gasteiger partial charge in [-0.15, -0.1) is 11.3 Å². The van der Waals surface area contributed by atoms with Crippen molar-refractivity contribution < 1.29 is 4.42 Å². The summed E-state index contributed by atoms with van der Waals surface area (Å²) in [6.45, 7) is 0. The first kappa shape index (κ1) is 31.6. The largest absolute Gasteiger partial charge is 0.435 e. The molecule has 0 bridgehead atoms. The molecule has 0 unspecified atom stereocenters. The van der Waals surface area contributed by atoms with Crippen molar-refractivity contribution in [2.24, 2.45) is 0 Å². The lowest BCUT2D eigenvalue weighted by Gasteiger charge is -2.28. The number of rotatable bonds is 6. The summed E-state index contributed by atoms with van der Waals surface area (Å²) in [4.78, 5) is 7.29. The Balaban J connectivity index is 1.14. The Bertz CT molecular complexity index is 3150. The van der Waals surface area contributed by atoms with Crippen LogP contribution in [0.2, 0.25) is 0 Å². The first-order chi connectivity index (χ1) is 27.2. The van der Waals surface area contributed by atoms with Gasteiger partial charge in [0.1, 0.15) is 5.52 Å². The van der Waals surface area contributed by atoms with Crippen LogP contribution in [0.1, 0.15) is 24.0 Å². The van der Waals surface area contributed by atoms with Crippen LogP contribution in [0.4, 0.5) is 17.1 Å². The van der Waals surface area contributed by atoms with Gasteiger partial charge in [-0.05, 0) is 95.6 Å². The molecule has 0 N–H and O–H groups in total. The van der Waals surface area contributed by atoms with Gasteiger partial charge in [0.05, 0.1) is 11.4 Å². The maximum absolute atomic E-state index is 6.61. The van der Waals surface area contributed by atoms with E-state index in [4.69, 9.17) is 9.40 Å². The maximum Gasteiger partial charge on any atom is 0.227 e. The monoisotopic (exact) mass is 720 g/mol. The number of anilines is 3. The number of para-hydroxylation sites is 1. The van der Waals surface area contributed by atoms with Gasteiger partial charge in [-0.3, -0.25) is 0 Å². The van der Waals surface area contributed by atoms with Crippen molar-refractivity contribution in [1.82, 2.24) is 4.98 Å². The molecule has 0 spiro atoms. The number of hydrogen-bond acceptors (Lipinski definition) is 4. The fourth-order valence-electron chi connectivity index (χ4n) is 8.16. The number of hydrogen-bond donors (Lipinski definition) is 0. The minimum absolute atomic E-state index is 0.615. The van der Waals surface area contributed by atoms with Crippen molar-refractivity contribution in [1.29, 1.82) is 0 Å². The highest BCUT2D eigenvalue weighted by Gasteiger charge is 2.22. The van der Waals surface area contributed by atoms with Crippen molar-refractivity contribution in [3.8, 4) is 11.5 Å². The highest BCUT2D eigenvalue weighted by Crippen LogP contribution is 2.45. The first-order valence-electron chi connectivity index (χ1n) is 18.7. The molecule has 55 heavy (non-hydrogen) atoms. The molecule has 0 amide bonds. The van der Waals surface area contributed by atoms with Gasteiger partial charge in [-0.2, -0.15) is 0 Å². The fourth-order valence-corrected chi connectivity index (χ4v) is 9.30. The minimum atomic E-state index is 0.615. The number of allylic oxidation sites excluding steroid dienone is 4. The second-order valence-corrected chi connectivity index (χ2v) is 15.2. The van der Waals surface area contributed by atoms with Gasteiger partial charge in [0.2, 0.25) is 5.89 Å². The third-order valence-electron chi connectivity index (χ3n) is 10.8. The smallest absolute Gasteiger partial charge is 0.227 e. The molecule has 0 atom stereocenters. The van der Waals surface area contributed by atoms with Crippen LogP contribution in [0.25, 0.3) is 75.4 Å². The second kappa shape index (κ2) is 12.9. The van der Waals surface area contributed by atoms with Crippen LogP contribution < -0.4 is 4.90 Å². The molecule has 2 heterocycles. The molecule has 3 nitrogen and oxygen atoms in total. The number of oxazole rings is 1. The third kappa shape index (κ3) is 5.40. The molecule has 8 aromatic carbocycles. The fraction of sp³-hybridized carbons (Fsp3) is 0.0392. The third-order valence-corrected chi connectivity index (χ3v) is 11.9. The van der Waals surface area contributed by atoms with Crippen LogP contribution in [0, 0.1) is 12.1 Å². The van der Waals surface area contributed by atoms with Gasteiger partial charge in [-0.1, -0.05) is 121 Å². The Hall–Kier alpha value is -6.93. The zero-order valence-corrected chi connectivity index (χ0v) is 30.6. The number of fused-ring (bicyclic) bond motifs is 8. The summed E-state index contributed by atoms with van der Waals surface area (Å²) in [5.41, 5.74) is 10.7. The molecule has 0 saturated carbocycles. The topological polar surface area (TPSA) is 29.3 Å². The second-order valence-electron chi connectivity index (χ2n) is 14.1. The zero-order chi connectivity index (χ0) is 36.3. The molecule has 1 aliphatic carbocycles. The Labute approximate surface area is 322 Å². The van der Waals surface area contributed by atoms with Gasteiger partial charge >= 0.3 is 0 Å². The molecule has 2 aromatic heterocycles. The van der Waals surface area contributed by atoms with Crippen molar-refractivity contribution in [3.05, 3.63) is 193 Å². The predicted octanol–water partition coefficient (Wildman–Crippen LogP) is 14.5. The summed E-state index contributed by atoms with van der Waals surface area (Å²) < 4.78 is 9.15. The lowest BCUT2D eigenvalue weighted by atomic mass is 9.89. The van der Waals surface area contributed by atoms with Crippen molar-refractivity contribution in [2.75, 3.05) is 4.90 Å². The van der Waals surface area contributed by atoms with Crippen LogP contribution in [0.5, 0.6) is 0 Å².